The number of fused-ring (bicyclic) bond motifs is 14. The van der Waals surface area contributed by atoms with E-state index in [-0.39, 0.29) is 29.9 Å². The first kappa shape index (κ1) is 24.6. The Morgan fingerprint density at radius 2 is 1.87 bits per heavy atom. The molecule has 2 aliphatic rings. The third kappa shape index (κ3) is 8.19. The Morgan fingerprint density at radius 3 is 2.52 bits per heavy atom. The van der Waals surface area contributed by atoms with Gasteiger partial charge in [0, 0.05) is 12.3 Å². The molecule has 1 amide bonds. The van der Waals surface area contributed by atoms with E-state index in [2.05, 4.69) is 5.32 Å². The molecule has 6 heteroatoms. The minimum absolute atomic E-state index is 0.0594. The zero-order valence-corrected chi connectivity index (χ0v) is 19.1. The van der Waals surface area contributed by atoms with Crippen molar-refractivity contribution in [2.24, 2.45) is 17.8 Å². The van der Waals surface area contributed by atoms with Crippen LogP contribution in [0.3, 0.4) is 0 Å². The molecule has 3 rings (SSSR count). The number of rotatable bonds is 3. The van der Waals surface area contributed by atoms with E-state index in [1.54, 1.807) is 0 Å². The lowest BCUT2D eigenvalue weighted by atomic mass is 9.90. The lowest BCUT2D eigenvalue weighted by molar-refractivity contribution is -0.147. The van der Waals surface area contributed by atoms with E-state index in [1.807, 2.05) is 57.2 Å². The summed E-state index contributed by atoms with van der Waals surface area (Å²) in [7, 11) is 1.34. The molecule has 1 aromatic carbocycles. The van der Waals surface area contributed by atoms with Crippen LogP contribution in [-0.2, 0) is 25.5 Å². The predicted molar refractivity (Wildman–Crippen MR) is 120 cm³/mol. The second kappa shape index (κ2) is 12.3. The van der Waals surface area contributed by atoms with Gasteiger partial charge in [-0.1, -0.05) is 45.1 Å². The molecular formula is C25H35NO5. The summed E-state index contributed by atoms with van der Waals surface area (Å²) >= 11 is 0. The van der Waals surface area contributed by atoms with Gasteiger partial charge in [-0.3, -0.25) is 14.4 Å². The summed E-state index contributed by atoms with van der Waals surface area (Å²) in [6.45, 7) is 6.31. The second-order valence-electron chi connectivity index (χ2n) is 8.69. The van der Waals surface area contributed by atoms with Gasteiger partial charge in [-0.15, -0.1) is 0 Å². The molecule has 2 bridgehead atoms. The van der Waals surface area contributed by atoms with Gasteiger partial charge < -0.3 is 14.8 Å². The predicted octanol–water partition coefficient (Wildman–Crippen LogP) is 3.87. The van der Waals surface area contributed by atoms with Gasteiger partial charge in [0.15, 0.2) is 5.78 Å². The summed E-state index contributed by atoms with van der Waals surface area (Å²) in [5, 5.41) is 2.94. The summed E-state index contributed by atoms with van der Waals surface area (Å²) in [6.07, 6.45) is 6.17. The van der Waals surface area contributed by atoms with Crippen molar-refractivity contribution < 1.29 is 23.9 Å². The van der Waals surface area contributed by atoms with Crippen LogP contribution in [0.1, 0.15) is 52.0 Å². The molecule has 31 heavy (non-hydrogen) atoms. The first-order valence-corrected chi connectivity index (χ1v) is 11.1. The molecule has 0 aliphatic carbocycles. The first-order chi connectivity index (χ1) is 14.8. The van der Waals surface area contributed by atoms with Gasteiger partial charge in [-0.25, -0.2) is 0 Å². The van der Waals surface area contributed by atoms with Gasteiger partial charge in [0.2, 0.25) is 5.91 Å². The molecule has 170 valence electrons. The fraction of sp³-hybridized carbons (Fsp3) is 0.560. The summed E-state index contributed by atoms with van der Waals surface area (Å²) in [5.41, 5.74) is 1.03. The molecule has 1 aromatic rings. The minimum Gasteiger partial charge on any atom is -0.490 e. The molecule has 0 aromatic heterocycles. The Hall–Kier alpha value is -2.63. The molecule has 0 saturated carbocycles. The first-order valence-electron chi connectivity index (χ1n) is 11.1. The van der Waals surface area contributed by atoms with Crippen molar-refractivity contribution in [3.63, 3.8) is 0 Å². The Labute approximate surface area is 185 Å². The van der Waals surface area contributed by atoms with E-state index < -0.39 is 17.9 Å². The molecule has 0 radical (unpaired) electrons. The number of nitrogens with one attached hydrogen (secondary N) is 1. The van der Waals surface area contributed by atoms with Crippen LogP contribution >= 0.6 is 0 Å². The largest absolute Gasteiger partial charge is 0.490 e. The second-order valence-corrected chi connectivity index (χ2v) is 8.69. The summed E-state index contributed by atoms with van der Waals surface area (Å²) < 4.78 is 10.6. The highest BCUT2D eigenvalue weighted by molar-refractivity contribution is 5.92. The van der Waals surface area contributed by atoms with E-state index in [9.17, 15) is 14.4 Å². The van der Waals surface area contributed by atoms with Gasteiger partial charge in [-0.05, 0) is 49.3 Å². The lowest BCUT2D eigenvalue weighted by Gasteiger charge is -2.23. The van der Waals surface area contributed by atoms with Crippen molar-refractivity contribution in [3.8, 4) is 5.75 Å². The fourth-order valence-corrected chi connectivity index (χ4v) is 3.71. The van der Waals surface area contributed by atoms with Crippen LogP contribution in [-0.4, -0.2) is 37.4 Å². The number of amides is 1. The maximum atomic E-state index is 13.1. The van der Waals surface area contributed by atoms with Gasteiger partial charge in [0.1, 0.15) is 12.4 Å². The maximum Gasteiger partial charge on any atom is 0.309 e. The molecular weight excluding hydrogens is 394 g/mol. The van der Waals surface area contributed by atoms with E-state index in [0.29, 0.717) is 32.3 Å². The Bertz CT molecular complexity index is 769. The van der Waals surface area contributed by atoms with Gasteiger partial charge >= 0.3 is 5.97 Å². The van der Waals surface area contributed by atoms with Crippen molar-refractivity contribution in [3.05, 3.63) is 42.0 Å². The molecule has 0 saturated heterocycles. The number of carbonyl (C=O) groups excluding carboxylic acids is 3. The van der Waals surface area contributed by atoms with Crippen molar-refractivity contribution >= 4 is 17.7 Å². The quantitative estimate of drug-likeness (QED) is 0.583. The van der Waals surface area contributed by atoms with Crippen molar-refractivity contribution in [2.75, 3.05) is 13.7 Å². The molecule has 0 spiro atoms. The van der Waals surface area contributed by atoms with Crippen LogP contribution in [0.4, 0.5) is 0 Å². The average molecular weight is 430 g/mol. The number of hydrogen-bond acceptors (Lipinski definition) is 5. The van der Waals surface area contributed by atoms with Crippen molar-refractivity contribution in [2.45, 2.75) is 58.9 Å². The fourth-order valence-electron chi connectivity index (χ4n) is 3.71. The minimum atomic E-state index is -0.604. The van der Waals surface area contributed by atoms with Crippen molar-refractivity contribution in [1.29, 1.82) is 0 Å². The molecule has 1 N–H and O–H groups in total. The Balaban J connectivity index is 2.25. The molecule has 6 nitrogen and oxygen atoms in total. The van der Waals surface area contributed by atoms with Gasteiger partial charge in [-0.2, -0.15) is 0 Å². The SMILES string of the molecule is COC(=O)[C@@H]1CCC=CCOc2ccc(cc2)C[C@H](C)C(=O)N[C@@H](CC(C)C)C(=O)C1. The average Bonchev–Trinajstić information content (AvgIpc) is 2.74. The van der Waals surface area contributed by atoms with E-state index in [0.717, 1.165) is 11.3 Å². The van der Waals surface area contributed by atoms with Crippen LogP contribution in [0, 0.1) is 17.8 Å². The van der Waals surface area contributed by atoms with Crippen LogP contribution in [0.15, 0.2) is 36.4 Å². The number of esters is 1. The number of ketones is 1. The highest BCUT2D eigenvalue weighted by atomic mass is 16.5. The smallest absolute Gasteiger partial charge is 0.309 e. The number of Topliss-reactive ketones (excluding diaryl/α,β-unsaturated/α-hetero) is 1. The zero-order chi connectivity index (χ0) is 22.8. The van der Waals surface area contributed by atoms with Gasteiger partial charge in [0.25, 0.3) is 0 Å². The van der Waals surface area contributed by atoms with Gasteiger partial charge in [0.05, 0.1) is 19.1 Å². The monoisotopic (exact) mass is 429 g/mol. The Morgan fingerprint density at radius 1 is 1.16 bits per heavy atom. The highest BCUT2D eigenvalue weighted by Gasteiger charge is 2.29. The number of carbonyl (C=O) groups is 3. The third-order valence-electron chi connectivity index (χ3n) is 5.50. The number of benzene rings is 1. The molecule has 0 unspecified atom stereocenters. The van der Waals surface area contributed by atoms with E-state index in [4.69, 9.17) is 9.47 Å². The van der Waals surface area contributed by atoms with E-state index >= 15 is 0 Å². The summed E-state index contributed by atoms with van der Waals surface area (Å²) in [5.74, 6) is -0.489. The molecule has 0 fully saturated rings. The standard InChI is InChI=1S/C25H35NO5/c1-17(2)14-22-23(27)16-20(25(29)30-4)8-6-5-7-13-31-21-11-9-19(10-12-21)15-18(3)24(28)26-22/h5,7,9-12,17-18,20,22H,6,8,13-16H2,1-4H3,(H,26,28)/t18-,20+,22-/m0/s1. The van der Waals surface area contributed by atoms with Crippen LogP contribution in [0.25, 0.3) is 0 Å². The number of hydrogen-bond donors (Lipinski definition) is 1. The number of allylic oxidation sites excluding steroid dienone is 1. The van der Waals surface area contributed by atoms with Crippen LogP contribution < -0.4 is 10.1 Å². The highest BCUT2D eigenvalue weighted by Crippen LogP contribution is 2.20. The zero-order valence-electron chi connectivity index (χ0n) is 19.1. The third-order valence-corrected chi connectivity index (χ3v) is 5.50. The number of methoxy groups -OCH3 is 1. The molecule has 2 aliphatic heterocycles. The number of ether oxygens (including phenoxy) is 2. The van der Waals surface area contributed by atoms with Crippen LogP contribution in [0.5, 0.6) is 5.75 Å². The maximum absolute atomic E-state index is 13.1. The van der Waals surface area contributed by atoms with Crippen LogP contribution in [0.2, 0.25) is 0 Å². The van der Waals surface area contributed by atoms with E-state index in [1.165, 1.54) is 7.11 Å². The lowest BCUT2D eigenvalue weighted by Crippen LogP contribution is -2.45. The topological polar surface area (TPSA) is 81.7 Å². The molecule has 3 atom stereocenters. The Kier molecular flexibility index (Phi) is 9.76. The normalized spacial score (nSPS) is 23.6. The summed E-state index contributed by atoms with van der Waals surface area (Å²) in [6, 6.07) is 7.12. The molecule has 2 heterocycles. The van der Waals surface area contributed by atoms with Crippen molar-refractivity contribution in [1.82, 2.24) is 5.32 Å². The summed E-state index contributed by atoms with van der Waals surface area (Å²) in [4.78, 5) is 38.1.